The van der Waals surface area contributed by atoms with E-state index in [1.165, 1.54) is 5.56 Å². The Kier molecular flexibility index (Phi) is 7.28. The topological polar surface area (TPSA) is 47.6 Å². The van der Waals surface area contributed by atoms with Crippen LogP contribution in [0.2, 0.25) is 0 Å². The van der Waals surface area contributed by atoms with Crippen LogP contribution in [0.4, 0.5) is 5.69 Å². The molecular weight excluding hydrogens is 362 g/mol. The Balaban J connectivity index is 1.54. The first-order chi connectivity index (χ1) is 14.2. The van der Waals surface area contributed by atoms with Gasteiger partial charge in [0.25, 0.3) is 5.91 Å². The number of ether oxygens (including phenoxy) is 2. The number of rotatable bonds is 9. The molecule has 0 spiro atoms. The Bertz CT molecular complexity index is 890. The molecule has 4 nitrogen and oxygen atoms in total. The average molecular weight is 389 g/mol. The van der Waals surface area contributed by atoms with Gasteiger partial charge in [-0.05, 0) is 60.4 Å². The maximum Gasteiger partial charge on any atom is 0.265 e. The maximum atomic E-state index is 12.6. The Morgan fingerprint density at radius 2 is 1.48 bits per heavy atom. The summed E-state index contributed by atoms with van der Waals surface area (Å²) in [5.41, 5.74) is 3.06. The second-order valence-corrected chi connectivity index (χ2v) is 6.80. The van der Waals surface area contributed by atoms with Gasteiger partial charge in [0.05, 0.1) is 0 Å². The van der Waals surface area contributed by atoms with Crippen LogP contribution in [0.5, 0.6) is 11.5 Å². The Hall–Kier alpha value is -3.27. The molecule has 4 heteroatoms. The van der Waals surface area contributed by atoms with E-state index < -0.39 is 6.10 Å². The summed E-state index contributed by atoms with van der Waals surface area (Å²) in [6.07, 6.45) is 1.01. The van der Waals surface area contributed by atoms with Crippen LogP contribution in [-0.2, 0) is 17.8 Å². The van der Waals surface area contributed by atoms with E-state index in [1.807, 2.05) is 85.8 Å². The zero-order valence-electron chi connectivity index (χ0n) is 16.9. The predicted octanol–water partition coefficient (Wildman–Crippen LogP) is 5.62. The molecule has 3 rings (SSSR count). The first-order valence-electron chi connectivity index (χ1n) is 10.0. The highest BCUT2D eigenvalue weighted by molar-refractivity contribution is 5.94. The van der Waals surface area contributed by atoms with E-state index in [1.54, 1.807) is 0 Å². The van der Waals surface area contributed by atoms with Crippen LogP contribution < -0.4 is 14.8 Å². The molecule has 0 heterocycles. The van der Waals surface area contributed by atoms with Gasteiger partial charge >= 0.3 is 0 Å². The van der Waals surface area contributed by atoms with Crippen LogP contribution >= 0.6 is 0 Å². The summed E-state index contributed by atoms with van der Waals surface area (Å²) < 4.78 is 11.7. The van der Waals surface area contributed by atoms with Crippen LogP contribution in [0.1, 0.15) is 31.4 Å². The van der Waals surface area contributed by atoms with Crippen LogP contribution in [0, 0.1) is 0 Å². The zero-order chi connectivity index (χ0) is 20.5. The fraction of sp³-hybridized carbons (Fsp3) is 0.240. The third kappa shape index (κ3) is 6.11. The van der Waals surface area contributed by atoms with E-state index in [9.17, 15) is 4.79 Å². The molecule has 0 fully saturated rings. The summed E-state index contributed by atoms with van der Waals surface area (Å²) in [4.78, 5) is 12.6. The fourth-order valence-electron chi connectivity index (χ4n) is 2.89. The Morgan fingerprint density at radius 1 is 0.828 bits per heavy atom. The molecule has 0 aliphatic heterocycles. The van der Waals surface area contributed by atoms with E-state index in [0.29, 0.717) is 24.5 Å². The van der Waals surface area contributed by atoms with Gasteiger partial charge in [-0.1, -0.05) is 56.3 Å². The number of nitrogens with one attached hydrogen (secondary N) is 1. The first kappa shape index (κ1) is 20.5. The molecule has 0 aliphatic rings. The Morgan fingerprint density at radius 3 is 2.10 bits per heavy atom. The first-order valence-corrected chi connectivity index (χ1v) is 10.0. The van der Waals surface area contributed by atoms with Crippen molar-refractivity contribution in [1.82, 2.24) is 0 Å². The fourth-order valence-corrected chi connectivity index (χ4v) is 2.89. The SMILES string of the molecule is CCc1ccc(O[C@@H](CC)C(=O)Nc2ccc(OCc3ccccc3)cc2)cc1. The predicted molar refractivity (Wildman–Crippen MR) is 116 cm³/mol. The van der Waals surface area contributed by atoms with Gasteiger partial charge in [-0.3, -0.25) is 4.79 Å². The molecule has 0 aliphatic carbocycles. The molecule has 3 aromatic carbocycles. The maximum absolute atomic E-state index is 12.6. The average Bonchev–Trinajstić information content (AvgIpc) is 2.78. The summed E-state index contributed by atoms with van der Waals surface area (Å²) in [5, 5.41) is 2.92. The van der Waals surface area contributed by atoms with E-state index in [4.69, 9.17) is 9.47 Å². The number of anilines is 1. The lowest BCUT2D eigenvalue weighted by atomic mass is 10.1. The van der Waals surface area contributed by atoms with Crippen molar-refractivity contribution >= 4 is 11.6 Å². The van der Waals surface area contributed by atoms with E-state index >= 15 is 0 Å². The smallest absolute Gasteiger partial charge is 0.265 e. The number of benzene rings is 3. The second-order valence-electron chi connectivity index (χ2n) is 6.80. The molecule has 0 saturated carbocycles. The third-order valence-corrected chi connectivity index (χ3v) is 4.64. The molecule has 3 aromatic rings. The van der Waals surface area contributed by atoms with E-state index in [0.717, 1.165) is 17.7 Å². The minimum Gasteiger partial charge on any atom is -0.489 e. The van der Waals surface area contributed by atoms with Crippen molar-refractivity contribution in [2.24, 2.45) is 0 Å². The van der Waals surface area contributed by atoms with Crippen LogP contribution in [-0.4, -0.2) is 12.0 Å². The number of carbonyl (C=O) groups excluding carboxylic acids is 1. The normalized spacial score (nSPS) is 11.5. The molecule has 0 unspecified atom stereocenters. The molecule has 150 valence electrons. The summed E-state index contributed by atoms with van der Waals surface area (Å²) in [7, 11) is 0. The second kappa shape index (κ2) is 10.3. The van der Waals surface area contributed by atoms with Crippen molar-refractivity contribution in [2.75, 3.05) is 5.32 Å². The van der Waals surface area contributed by atoms with Gasteiger partial charge in [-0.2, -0.15) is 0 Å². The standard InChI is InChI=1S/C25H27NO3/c1-3-19-10-14-23(15-11-19)29-24(4-2)25(27)26-21-12-16-22(17-13-21)28-18-20-8-6-5-7-9-20/h5-17,24H,3-4,18H2,1-2H3,(H,26,27)/t24-/m0/s1. The summed E-state index contributed by atoms with van der Waals surface area (Å²) in [6, 6.07) is 25.2. The van der Waals surface area contributed by atoms with Gasteiger partial charge in [0, 0.05) is 5.69 Å². The van der Waals surface area contributed by atoms with Gasteiger partial charge in [0.1, 0.15) is 18.1 Å². The highest BCUT2D eigenvalue weighted by Gasteiger charge is 2.18. The van der Waals surface area contributed by atoms with Gasteiger partial charge in [0.2, 0.25) is 0 Å². The van der Waals surface area contributed by atoms with Crippen molar-refractivity contribution in [2.45, 2.75) is 39.4 Å². The molecule has 1 atom stereocenters. The molecule has 0 radical (unpaired) electrons. The largest absolute Gasteiger partial charge is 0.489 e. The molecule has 0 saturated heterocycles. The Labute approximate surface area is 172 Å². The van der Waals surface area contributed by atoms with Gasteiger partial charge in [0.15, 0.2) is 6.10 Å². The quantitative estimate of drug-likeness (QED) is 0.516. The minimum absolute atomic E-state index is 0.162. The van der Waals surface area contributed by atoms with Gasteiger partial charge in [-0.15, -0.1) is 0 Å². The number of amides is 1. The lowest BCUT2D eigenvalue weighted by Gasteiger charge is -2.17. The molecule has 29 heavy (non-hydrogen) atoms. The summed E-state index contributed by atoms with van der Waals surface area (Å²) >= 11 is 0. The molecular formula is C25H27NO3. The number of aryl methyl sites for hydroxylation is 1. The highest BCUT2D eigenvalue weighted by atomic mass is 16.5. The number of hydrogen-bond donors (Lipinski definition) is 1. The minimum atomic E-state index is -0.545. The van der Waals surface area contributed by atoms with Gasteiger partial charge in [-0.25, -0.2) is 0 Å². The molecule has 0 bridgehead atoms. The van der Waals surface area contributed by atoms with E-state index in [-0.39, 0.29) is 5.91 Å². The van der Waals surface area contributed by atoms with Crippen LogP contribution in [0.3, 0.4) is 0 Å². The van der Waals surface area contributed by atoms with Crippen molar-refractivity contribution in [3.8, 4) is 11.5 Å². The molecule has 0 aromatic heterocycles. The van der Waals surface area contributed by atoms with Crippen molar-refractivity contribution in [3.63, 3.8) is 0 Å². The van der Waals surface area contributed by atoms with Crippen molar-refractivity contribution in [1.29, 1.82) is 0 Å². The number of carbonyl (C=O) groups is 1. The molecule has 1 N–H and O–H groups in total. The molecule has 1 amide bonds. The summed E-state index contributed by atoms with van der Waals surface area (Å²) in [6.45, 7) is 4.55. The van der Waals surface area contributed by atoms with Crippen LogP contribution in [0.15, 0.2) is 78.9 Å². The van der Waals surface area contributed by atoms with Crippen molar-refractivity contribution < 1.29 is 14.3 Å². The van der Waals surface area contributed by atoms with Gasteiger partial charge < -0.3 is 14.8 Å². The van der Waals surface area contributed by atoms with E-state index in [2.05, 4.69) is 12.2 Å². The highest BCUT2D eigenvalue weighted by Crippen LogP contribution is 2.19. The lowest BCUT2D eigenvalue weighted by molar-refractivity contribution is -0.122. The number of hydrogen-bond acceptors (Lipinski definition) is 3. The third-order valence-electron chi connectivity index (χ3n) is 4.64. The van der Waals surface area contributed by atoms with Crippen molar-refractivity contribution in [3.05, 3.63) is 90.0 Å². The zero-order valence-corrected chi connectivity index (χ0v) is 16.9. The lowest BCUT2D eigenvalue weighted by Crippen LogP contribution is -2.32. The monoisotopic (exact) mass is 389 g/mol. The van der Waals surface area contributed by atoms with Crippen LogP contribution in [0.25, 0.3) is 0 Å². The summed E-state index contributed by atoms with van der Waals surface area (Å²) in [5.74, 6) is 1.30.